The van der Waals surface area contributed by atoms with Gasteiger partial charge in [-0.3, -0.25) is 10.2 Å². The van der Waals surface area contributed by atoms with E-state index in [9.17, 15) is 9.59 Å². The third-order valence-electron chi connectivity index (χ3n) is 3.75. The highest BCUT2D eigenvalue weighted by molar-refractivity contribution is 8.00. The van der Waals surface area contributed by atoms with Crippen LogP contribution in [0, 0.1) is 0 Å². The van der Waals surface area contributed by atoms with E-state index in [1.54, 1.807) is 31.4 Å². The Hall–Kier alpha value is -2.90. The van der Waals surface area contributed by atoms with Crippen molar-refractivity contribution in [1.82, 2.24) is 10.9 Å². The number of hydrogen-bond donors (Lipinski definition) is 2. The predicted octanol–water partition coefficient (Wildman–Crippen LogP) is 4.41. The number of carbonyl (C=O) groups excluding carboxylic acids is 2. The van der Waals surface area contributed by atoms with E-state index in [-0.39, 0.29) is 11.7 Å². The van der Waals surface area contributed by atoms with Gasteiger partial charge in [0.2, 0.25) is 5.91 Å². The van der Waals surface area contributed by atoms with E-state index < -0.39 is 6.09 Å². The van der Waals surface area contributed by atoms with Gasteiger partial charge in [-0.1, -0.05) is 35.9 Å². The third kappa shape index (κ3) is 5.09. The first-order chi connectivity index (χ1) is 13.6. The van der Waals surface area contributed by atoms with Crippen LogP contribution in [0.15, 0.2) is 65.6 Å². The van der Waals surface area contributed by atoms with E-state index >= 15 is 0 Å². The second-order valence-corrected chi connectivity index (χ2v) is 7.05. The normalized spacial score (nSPS) is 10.4. The van der Waals surface area contributed by atoms with Crippen LogP contribution in [-0.2, 0) is 4.79 Å². The van der Waals surface area contributed by atoms with Crippen molar-refractivity contribution < 1.29 is 19.1 Å². The number of hydrogen-bond acceptors (Lipinski definition) is 5. The van der Waals surface area contributed by atoms with Crippen molar-refractivity contribution in [2.45, 2.75) is 4.90 Å². The van der Waals surface area contributed by atoms with Crippen LogP contribution in [0.1, 0.15) is 0 Å². The molecule has 0 aliphatic carbocycles. The Balaban J connectivity index is 1.50. The van der Waals surface area contributed by atoms with E-state index in [4.69, 9.17) is 21.1 Å². The lowest BCUT2D eigenvalue weighted by Crippen LogP contribution is -2.43. The standard InChI is InChI=1S/C20H17ClN2O4S/c1-26-14-8-10-15(11-9-14)27-20(25)23-22-18(24)12-28-17-7-3-5-13-4-2-6-16(21)19(13)17/h2-11H,12H2,1H3,(H,22,24)(H,23,25). The van der Waals surface area contributed by atoms with Crippen molar-refractivity contribution in [2.75, 3.05) is 12.9 Å². The first-order valence-corrected chi connectivity index (χ1v) is 9.64. The summed E-state index contributed by atoms with van der Waals surface area (Å²) in [5.41, 5.74) is 4.53. The van der Waals surface area contributed by atoms with Gasteiger partial charge in [0, 0.05) is 15.3 Å². The maximum Gasteiger partial charge on any atom is 0.431 e. The number of halogens is 1. The van der Waals surface area contributed by atoms with Crippen molar-refractivity contribution in [2.24, 2.45) is 0 Å². The second kappa shape index (κ2) is 9.34. The monoisotopic (exact) mass is 416 g/mol. The lowest BCUT2D eigenvalue weighted by atomic mass is 10.1. The van der Waals surface area contributed by atoms with E-state index in [0.29, 0.717) is 16.5 Å². The molecule has 3 aromatic carbocycles. The van der Waals surface area contributed by atoms with Crippen LogP contribution in [0.5, 0.6) is 11.5 Å². The first kappa shape index (κ1) is 19.9. The van der Waals surface area contributed by atoms with E-state index in [0.717, 1.165) is 15.7 Å². The zero-order valence-electron chi connectivity index (χ0n) is 14.9. The topological polar surface area (TPSA) is 76.7 Å². The minimum absolute atomic E-state index is 0.104. The van der Waals surface area contributed by atoms with Gasteiger partial charge in [-0.05, 0) is 41.8 Å². The summed E-state index contributed by atoms with van der Waals surface area (Å²) in [7, 11) is 1.54. The van der Waals surface area contributed by atoms with Gasteiger partial charge >= 0.3 is 6.09 Å². The molecule has 0 unspecified atom stereocenters. The lowest BCUT2D eigenvalue weighted by Gasteiger charge is -2.10. The number of benzene rings is 3. The Labute approximate surface area is 171 Å². The van der Waals surface area contributed by atoms with Crippen molar-refractivity contribution in [3.8, 4) is 11.5 Å². The highest BCUT2D eigenvalue weighted by atomic mass is 35.5. The molecule has 3 rings (SSSR count). The highest BCUT2D eigenvalue weighted by Gasteiger charge is 2.10. The first-order valence-electron chi connectivity index (χ1n) is 8.27. The number of nitrogens with one attached hydrogen (secondary N) is 2. The summed E-state index contributed by atoms with van der Waals surface area (Å²) in [6, 6.07) is 17.9. The average molecular weight is 417 g/mol. The maximum atomic E-state index is 12.0. The molecule has 0 atom stereocenters. The Morgan fingerprint density at radius 2 is 1.64 bits per heavy atom. The Morgan fingerprint density at radius 3 is 2.36 bits per heavy atom. The highest BCUT2D eigenvalue weighted by Crippen LogP contribution is 2.33. The summed E-state index contributed by atoms with van der Waals surface area (Å²) in [5, 5.41) is 2.53. The van der Waals surface area contributed by atoms with Gasteiger partial charge in [0.25, 0.3) is 0 Å². The molecule has 8 heteroatoms. The molecule has 0 bridgehead atoms. The number of thioether (sulfide) groups is 1. The van der Waals surface area contributed by atoms with Crippen molar-refractivity contribution in [3.63, 3.8) is 0 Å². The van der Waals surface area contributed by atoms with E-state index in [1.165, 1.54) is 11.8 Å². The van der Waals surface area contributed by atoms with Gasteiger partial charge in [-0.2, -0.15) is 0 Å². The fourth-order valence-corrected chi connectivity index (χ4v) is 3.70. The lowest BCUT2D eigenvalue weighted by molar-refractivity contribution is -0.119. The Morgan fingerprint density at radius 1 is 0.964 bits per heavy atom. The molecular formula is C20H17ClN2O4S. The fraction of sp³-hybridized carbons (Fsp3) is 0.100. The molecule has 0 radical (unpaired) electrons. The van der Waals surface area contributed by atoms with Crippen LogP contribution in [0.2, 0.25) is 5.02 Å². The zero-order chi connectivity index (χ0) is 19.9. The van der Waals surface area contributed by atoms with Crippen LogP contribution >= 0.6 is 23.4 Å². The largest absolute Gasteiger partial charge is 0.497 e. The van der Waals surface area contributed by atoms with Crippen molar-refractivity contribution >= 4 is 46.1 Å². The van der Waals surface area contributed by atoms with Crippen molar-refractivity contribution in [1.29, 1.82) is 0 Å². The number of rotatable bonds is 5. The predicted molar refractivity (Wildman–Crippen MR) is 110 cm³/mol. The number of hydrazine groups is 1. The summed E-state index contributed by atoms with van der Waals surface area (Å²) in [6.07, 6.45) is -0.795. The van der Waals surface area contributed by atoms with Gasteiger partial charge in [-0.15, -0.1) is 11.8 Å². The van der Waals surface area contributed by atoms with Crippen LogP contribution < -0.4 is 20.3 Å². The molecule has 0 heterocycles. The maximum absolute atomic E-state index is 12.0. The van der Waals surface area contributed by atoms with Crippen LogP contribution in [0.4, 0.5) is 4.79 Å². The van der Waals surface area contributed by atoms with Gasteiger partial charge in [0.15, 0.2) is 0 Å². The minimum Gasteiger partial charge on any atom is -0.497 e. The molecule has 6 nitrogen and oxygen atoms in total. The molecule has 0 spiro atoms. The van der Waals surface area contributed by atoms with E-state index in [2.05, 4.69) is 10.9 Å². The summed E-state index contributed by atoms with van der Waals surface area (Å²) < 4.78 is 10.1. The quantitative estimate of drug-likeness (QED) is 0.475. The molecular weight excluding hydrogens is 400 g/mol. The molecule has 0 fully saturated rings. The van der Waals surface area contributed by atoms with Gasteiger partial charge in [0.1, 0.15) is 11.5 Å². The number of carbonyl (C=O) groups is 2. The molecule has 28 heavy (non-hydrogen) atoms. The van der Waals surface area contributed by atoms with Crippen LogP contribution in [0.25, 0.3) is 10.8 Å². The van der Waals surface area contributed by atoms with Crippen LogP contribution in [0.3, 0.4) is 0 Å². The molecule has 2 N–H and O–H groups in total. The minimum atomic E-state index is -0.795. The summed E-state index contributed by atoms with van der Waals surface area (Å²) in [5.74, 6) is 0.701. The summed E-state index contributed by atoms with van der Waals surface area (Å²) in [6.45, 7) is 0. The summed E-state index contributed by atoms with van der Waals surface area (Å²) in [4.78, 5) is 24.7. The number of methoxy groups -OCH3 is 1. The average Bonchev–Trinajstić information content (AvgIpc) is 2.71. The van der Waals surface area contributed by atoms with Crippen LogP contribution in [-0.4, -0.2) is 24.9 Å². The third-order valence-corrected chi connectivity index (χ3v) is 5.12. The number of ether oxygens (including phenoxy) is 2. The Bertz CT molecular complexity index is 990. The molecule has 0 saturated heterocycles. The SMILES string of the molecule is COc1ccc(OC(=O)NNC(=O)CSc2cccc3cccc(Cl)c23)cc1. The molecule has 3 aromatic rings. The van der Waals surface area contributed by atoms with Gasteiger partial charge in [-0.25, -0.2) is 10.2 Å². The second-order valence-electron chi connectivity index (χ2n) is 5.62. The molecule has 0 saturated carbocycles. The fourth-order valence-electron chi connectivity index (χ4n) is 2.46. The molecule has 144 valence electrons. The van der Waals surface area contributed by atoms with E-state index in [1.807, 2.05) is 36.4 Å². The molecule has 0 aliphatic heterocycles. The summed E-state index contributed by atoms with van der Waals surface area (Å²) >= 11 is 7.61. The van der Waals surface area contributed by atoms with Crippen molar-refractivity contribution in [3.05, 3.63) is 65.7 Å². The Kier molecular flexibility index (Phi) is 6.62. The number of fused-ring (bicyclic) bond motifs is 1. The number of amides is 2. The molecule has 0 aromatic heterocycles. The van der Waals surface area contributed by atoms with Gasteiger partial charge < -0.3 is 9.47 Å². The van der Waals surface area contributed by atoms with Gasteiger partial charge in [0.05, 0.1) is 12.9 Å². The zero-order valence-corrected chi connectivity index (χ0v) is 16.5. The molecule has 2 amide bonds. The smallest absolute Gasteiger partial charge is 0.431 e. The molecule has 0 aliphatic rings.